The fourth-order valence-corrected chi connectivity index (χ4v) is 10.0. The number of carbonyl (C=O) groups is 5. The molecule has 3 N–H and O–H groups in total. The molecule has 1 amide bonds. The normalized spacial score (nSPS) is 42.8. The lowest BCUT2D eigenvalue weighted by molar-refractivity contribution is -0.265. The molecule has 0 spiro atoms. The van der Waals surface area contributed by atoms with Crippen LogP contribution >= 0.6 is 0 Å². The molecule has 3 heterocycles. The largest absolute Gasteiger partial charge is 0.460 e. The van der Waals surface area contributed by atoms with Gasteiger partial charge in [0.25, 0.3) is 11.7 Å². The van der Waals surface area contributed by atoms with Crippen molar-refractivity contribution in [3.8, 4) is 0 Å². The number of ether oxygens (including phenoxy) is 6. The summed E-state index contributed by atoms with van der Waals surface area (Å²) in [5.41, 5.74) is 0.285. The van der Waals surface area contributed by atoms with Crippen molar-refractivity contribution in [2.45, 2.75) is 181 Å². The number of hydrogen-bond acceptors (Lipinski definition) is 14. The monoisotopic (exact) mass is 980 g/mol. The Morgan fingerprint density at radius 1 is 0.928 bits per heavy atom. The molecule has 0 aromatic rings. The van der Waals surface area contributed by atoms with Gasteiger partial charge in [0.2, 0.25) is 5.79 Å². The number of cyclic esters (lactones) is 1. The summed E-state index contributed by atoms with van der Waals surface area (Å²) in [5, 5.41) is 33.1. The Morgan fingerprint density at radius 3 is 2.36 bits per heavy atom. The molecule has 1 unspecified atom stereocenters. The molecule has 4 rings (SSSR count). The number of ketones is 3. The fraction of sp³-hybridized carbons (Fsp3) is 0.759. The summed E-state index contributed by atoms with van der Waals surface area (Å²) < 4.78 is 103. The number of methoxy groups -OCH3 is 3. The van der Waals surface area contributed by atoms with Gasteiger partial charge in [0.15, 0.2) is 5.78 Å². The van der Waals surface area contributed by atoms with Crippen LogP contribution < -0.4 is 0 Å². The Balaban J connectivity index is 1.84. The van der Waals surface area contributed by atoms with Crippen LogP contribution in [0.1, 0.15) is 137 Å². The number of carbonyl (C=O) groups excluding carboxylic acids is 5. The molecule has 16 atom stereocenters. The maximum absolute atomic E-state index is 14.6. The smallest absolute Gasteiger partial charge is 0.329 e. The summed E-state index contributed by atoms with van der Waals surface area (Å²) in [5.74, 6) is -16.3. The zero-order valence-corrected chi connectivity index (χ0v) is 42.1. The molecule has 390 valence electrons. The van der Waals surface area contributed by atoms with E-state index < -0.39 is 127 Å². The first kappa shape index (κ1) is 46.6. The van der Waals surface area contributed by atoms with Crippen molar-refractivity contribution in [1.29, 1.82) is 0 Å². The van der Waals surface area contributed by atoms with Gasteiger partial charge in [-0.2, -0.15) is 0 Å². The van der Waals surface area contributed by atoms with Gasteiger partial charge in [0.1, 0.15) is 30.1 Å². The van der Waals surface area contributed by atoms with Crippen molar-refractivity contribution in [2.24, 2.45) is 41.4 Å². The quantitative estimate of drug-likeness (QED) is 0.129. The van der Waals surface area contributed by atoms with Gasteiger partial charge >= 0.3 is 5.97 Å². The molecule has 0 aromatic carbocycles. The van der Waals surface area contributed by atoms with Crippen LogP contribution in [0.5, 0.6) is 0 Å². The third-order valence-electron chi connectivity index (χ3n) is 14.9. The Bertz CT molecular complexity index is 2160. The lowest BCUT2D eigenvalue weighted by Crippen LogP contribution is -2.61. The third kappa shape index (κ3) is 15.3. The summed E-state index contributed by atoms with van der Waals surface area (Å²) >= 11 is 0. The number of hydrogen-bond donors (Lipinski definition) is 3. The SMILES string of the molecule is [2H]C([2H])([2H])O[C@H]1C[C@@H]2CC[C@@H](C)[C@@](O)(O2)C(=O)C(=O)N2CCCC[C@H]2C(=O)O[C@H]([C@H](C)C[C@@H]2CC[C@@H](OCCO)[C@H](OC)C2)CC(=O)[C@H](C([2H])([2H])[2H])/C=C(\C)[C@@H](O)[C@@H](OC)C(=O)[C@H](C)C([2H])(C)[C@]([2H])(C)/C=C/C=CC=C1C. The second-order valence-corrected chi connectivity index (χ2v) is 19.7. The Labute approximate surface area is 422 Å². The predicted molar refractivity (Wildman–Crippen MR) is 261 cm³/mol. The van der Waals surface area contributed by atoms with E-state index in [1.165, 1.54) is 52.8 Å². The molecule has 4 aliphatic rings. The molecule has 1 saturated carbocycles. The number of fused-ring (bicyclic) bond motifs is 3. The molecule has 15 heteroatoms. The van der Waals surface area contributed by atoms with Crippen molar-refractivity contribution < 1.29 is 78.7 Å². The van der Waals surface area contributed by atoms with Gasteiger partial charge in [-0.15, -0.1) is 0 Å². The summed E-state index contributed by atoms with van der Waals surface area (Å²) in [6.45, 7) is 7.28. The third-order valence-corrected chi connectivity index (χ3v) is 14.9. The lowest BCUT2D eigenvalue weighted by Gasteiger charge is -2.42. The molecule has 3 fully saturated rings. The first-order chi connectivity index (χ1) is 35.7. The van der Waals surface area contributed by atoms with Gasteiger partial charge in [-0.3, -0.25) is 19.2 Å². The number of allylic oxidation sites excluding steroid dienone is 6. The van der Waals surface area contributed by atoms with Crippen LogP contribution in [0, 0.1) is 41.4 Å². The number of nitrogens with zero attached hydrogens (tertiary/aromatic N) is 1. The minimum atomic E-state index is -3.02. The lowest BCUT2D eigenvalue weighted by atomic mass is 9.78. The van der Waals surface area contributed by atoms with Gasteiger partial charge < -0.3 is 48.6 Å². The number of amides is 1. The first-order valence-electron chi connectivity index (χ1n) is 28.6. The van der Waals surface area contributed by atoms with E-state index in [9.17, 15) is 42.0 Å². The molecule has 1 aliphatic carbocycles. The number of aliphatic hydroxyl groups excluding tert-OH is 2. The van der Waals surface area contributed by atoms with Gasteiger partial charge in [-0.05, 0) is 106 Å². The molecular formula is C54H85NO14. The predicted octanol–water partition coefficient (Wildman–Crippen LogP) is 6.44. The van der Waals surface area contributed by atoms with E-state index in [1.807, 2.05) is 0 Å². The highest BCUT2D eigenvalue weighted by Gasteiger charge is 2.53. The van der Waals surface area contributed by atoms with Crippen LogP contribution in [0.2, 0.25) is 0 Å². The average Bonchev–Trinajstić information content (AvgIpc) is 3.35. The van der Waals surface area contributed by atoms with Crippen molar-refractivity contribution in [3.63, 3.8) is 0 Å². The van der Waals surface area contributed by atoms with E-state index in [0.29, 0.717) is 44.1 Å². The van der Waals surface area contributed by atoms with E-state index in [0.717, 1.165) is 18.1 Å². The summed E-state index contributed by atoms with van der Waals surface area (Å²) in [4.78, 5) is 73.3. The number of piperidine rings is 1. The first-order valence-corrected chi connectivity index (χ1v) is 24.6. The van der Waals surface area contributed by atoms with Crippen LogP contribution in [0.25, 0.3) is 0 Å². The van der Waals surface area contributed by atoms with E-state index in [-0.39, 0.29) is 69.1 Å². The second-order valence-electron chi connectivity index (χ2n) is 19.7. The van der Waals surface area contributed by atoms with Crippen LogP contribution in [-0.2, 0) is 52.4 Å². The number of aliphatic hydroxyl groups is 3. The van der Waals surface area contributed by atoms with Gasteiger partial charge in [-0.25, -0.2) is 4.79 Å². The van der Waals surface area contributed by atoms with Crippen LogP contribution in [0.4, 0.5) is 0 Å². The van der Waals surface area contributed by atoms with Gasteiger partial charge in [-0.1, -0.05) is 77.9 Å². The zero-order chi connectivity index (χ0) is 58.0. The van der Waals surface area contributed by atoms with Crippen LogP contribution in [0.15, 0.2) is 47.6 Å². The summed E-state index contributed by atoms with van der Waals surface area (Å²) in [7, 11) is -0.189. The topological polar surface area (TPSA) is 205 Å². The average molecular weight is 980 g/mol. The van der Waals surface area contributed by atoms with Crippen LogP contribution in [-0.4, -0.2) is 145 Å². The Morgan fingerprint density at radius 2 is 1.68 bits per heavy atom. The van der Waals surface area contributed by atoms with Crippen molar-refractivity contribution in [2.75, 3.05) is 41.0 Å². The molecule has 2 bridgehead atoms. The molecular weight excluding hydrogens is 887 g/mol. The Hall–Kier alpha value is -3.41. The molecule has 69 heavy (non-hydrogen) atoms. The maximum atomic E-state index is 14.6. The van der Waals surface area contributed by atoms with Crippen molar-refractivity contribution >= 4 is 29.2 Å². The van der Waals surface area contributed by atoms with E-state index in [1.54, 1.807) is 33.1 Å². The summed E-state index contributed by atoms with van der Waals surface area (Å²) in [6, 6.07) is -1.37. The minimum Gasteiger partial charge on any atom is -0.460 e. The minimum absolute atomic E-state index is 0.0395. The maximum Gasteiger partial charge on any atom is 0.329 e. The summed E-state index contributed by atoms with van der Waals surface area (Å²) in [6.07, 6.45) is 3.53. The number of rotatable bonds is 9. The van der Waals surface area contributed by atoms with E-state index >= 15 is 0 Å². The van der Waals surface area contributed by atoms with Crippen molar-refractivity contribution in [1.82, 2.24) is 4.90 Å². The molecule has 0 radical (unpaired) electrons. The highest BCUT2D eigenvalue weighted by atomic mass is 16.6. The van der Waals surface area contributed by atoms with E-state index in [4.69, 9.17) is 36.6 Å². The fourth-order valence-electron chi connectivity index (χ4n) is 10.0. The molecule has 15 nitrogen and oxygen atoms in total. The van der Waals surface area contributed by atoms with Crippen LogP contribution in [0.3, 0.4) is 0 Å². The van der Waals surface area contributed by atoms with Gasteiger partial charge in [0, 0.05) is 65.3 Å². The van der Waals surface area contributed by atoms with Crippen molar-refractivity contribution in [3.05, 3.63) is 47.6 Å². The second kappa shape index (κ2) is 27.4. The highest BCUT2D eigenvalue weighted by molar-refractivity contribution is 6.39. The number of esters is 1. The molecule has 3 aliphatic heterocycles. The molecule has 0 aromatic heterocycles. The van der Waals surface area contributed by atoms with Gasteiger partial charge in [0.05, 0.1) is 41.7 Å². The highest BCUT2D eigenvalue weighted by Crippen LogP contribution is 2.38. The number of Topliss-reactive ketones (excluding diaryl/α,β-unsaturated/α-hetero) is 3. The molecule has 2 saturated heterocycles. The standard InChI is InChI=1S/C54H85NO14/c1-32-17-13-12-14-18-33(2)45(64-9)30-41-22-20-37(6)54(63,69-41)51(60)52(61)55-24-16-15-19-42(55)53(62)68-46(35(4)28-40-21-23-44(67-26-25-56)47(29-40)65-10)31-43(57)34(3)27-36(5)48(58)50(66-11)49(59)39(8)38(32)7/h12-14,17-18,27,32,34-35,37-42,44-48,50,56,58,63H,15-16,19-26,28-31H2,1-11H3/b14-12?,17-13+,33-18?,36-27+/t32-,34-,35-,37-,38?,39-,40+,41+,42+,44-,45+,46+,47-,48-,50-,54-/m1/s1/i3D3,9D3,32D,38D. The van der Waals surface area contributed by atoms with E-state index in [2.05, 4.69) is 0 Å². The Kier molecular flexibility index (Phi) is 18.5. The zero-order valence-electron chi connectivity index (χ0n) is 50.1.